The number of nitrogens with zero attached hydrogens (tertiary/aromatic N) is 2. The maximum absolute atomic E-state index is 5.78. The molecule has 20 heavy (non-hydrogen) atoms. The highest BCUT2D eigenvalue weighted by Gasteiger charge is 2.35. The minimum absolute atomic E-state index is 0.0352. The van der Waals surface area contributed by atoms with E-state index in [1.807, 2.05) is 18.2 Å². The maximum Gasteiger partial charge on any atom is 0.256 e. The minimum Gasteiger partial charge on any atom is -0.368 e. The van der Waals surface area contributed by atoms with Gasteiger partial charge in [0.25, 0.3) is 5.89 Å². The fourth-order valence-electron chi connectivity index (χ4n) is 2.78. The normalized spacial score (nSPS) is 22.6. The molecule has 3 rings (SSSR count). The van der Waals surface area contributed by atoms with Gasteiger partial charge in [-0.15, -0.1) is 0 Å². The summed E-state index contributed by atoms with van der Waals surface area (Å²) >= 11 is 0. The van der Waals surface area contributed by atoms with Crippen LogP contribution in [0, 0.1) is 11.8 Å². The first-order chi connectivity index (χ1) is 9.74. The van der Waals surface area contributed by atoms with E-state index < -0.39 is 0 Å². The van der Waals surface area contributed by atoms with Crippen molar-refractivity contribution < 1.29 is 9.26 Å². The topological polar surface area (TPSA) is 48.2 Å². The van der Waals surface area contributed by atoms with Crippen LogP contribution in [0.2, 0.25) is 0 Å². The first-order valence-electron chi connectivity index (χ1n) is 7.22. The second-order valence-electron chi connectivity index (χ2n) is 5.70. The first kappa shape index (κ1) is 13.3. The number of aromatic nitrogens is 2. The Kier molecular flexibility index (Phi) is 3.83. The van der Waals surface area contributed by atoms with Crippen molar-refractivity contribution in [1.82, 2.24) is 10.1 Å². The van der Waals surface area contributed by atoms with Gasteiger partial charge in [0.1, 0.15) is 6.10 Å². The van der Waals surface area contributed by atoms with Crippen molar-refractivity contribution in [1.29, 1.82) is 0 Å². The van der Waals surface area contributed by atoms with Crippen LogP contribution in [0.5, 0.6) is 0 Å². The van der Waals surface area contributed by atoms with Gasteiger partial charge in [-0.1, -0.05) is 49.3 Å². The van der Waals surface area contributed by atoms with Crippen LogP contribution >= 0.6 is 0 Å². The van der Waals surface area contributed by atoms with Gasteiger partial charge in [0.2, 0.25) is 0 Å². The van der Waals surface area contributed by atoms with Crippen LogP contribution in [0.15, 0.2) is 34.9 Å². The molecule has 106 valence electrons. The van der Waals surface area contributed by atoms with Gasteiger partial charge in [-0.2, -0.15) is 4.98 Å². The third-order valence-electron chi connectivity index (χ3n) is 3.93. The summed E-state index contributed by atoms with van der Waals surface area (Å²) in [6, 6.07) is 10.2. The van der Waals surface area contributed by atoms with Crippen LogP contribution in [0.3, 0.4) is 0 Å². The van der Waals surface area contributed by atoms with Crippen LogP contribution in [-0.4, -0.2) is 16.7 Å². The van der Waals surface area contributed by atoms with E-state index in [1.54, 1.807) is 0 Å². The van der Waals surface area contributed by atoms with E-state index in [0.717, 1.165) is 18.9 Å². The lowest BCUT2D eigenvalue weighted by Gasteiger charge is -2.18. The van der Waals surface area contributed by atoms with Gasteiger partial charge in [-0.3, -0.25) is 0 Å². The summed E-state index contributed by atoms with van der Waals surface area (Å²) in [4.78, 5) is 4.52. The second kappa shape index (κ2) is 5.75. The van der Waals surface area contributed by atoms with Crippen molar-refractivity contribution in [2.24, 2.45) is 11.8 Å². The molecule has 1 saturated heterocycles. The number of hydrogen-bond acceptors (Lipinski definition) is 4. The van der Waals surface area contributed by atoms with Crippen molar-refractivity contribution in [3.8, 4) is 0 Å². The summed E-state index contributed by atoms with van der Waals surface area (Å²) in [7, 11) is 0. The molecule has 0 bridgehead atoms. The quantitative estimate of drug-likeness (QED) is 0.856. The molecule has 2 heterocycles. The first-order valence-corrected chi connectivity index (χ1v) is 7.22. The molecule has 1 aliphatic rings. The predicted molar refractivity (Wildman–Crippen MR) is 75.2 cm³/mol. The van der Waals surface area contributed by atoms with Gasteiger partial charge in [0, 0.05) is 13.0 Å². The largest absolute Gasteiger partial charge is 0.368 e. The third kappa shape index (κ3) is 2.75. The van der Waals surface area contributed by atoms with E-state index in [1.165, 1.54) is 5.56 Å². The highest BCUT2D eigenvalue weighted by molar-refractivity contribution is 5.18. The van der Waals surface area contributed by atoms with Crippen molar-refractivity contribution in [2.45, 2.75) is 32.8 Å². The smallest absolute Gasteiger partial charge is 0.256 e. The molecule has 1 aromatic carbocycles. The Hall–Kier alpha value is -1.68. The monoisotopic (exact) mass is 272 g/mol. The Morgan fingerprint density at radius 2 is 2.05 bits per heavy atom. The number of ether oxygens (including phenoxy) is 1. The van der Waals surface area contributed by atoms with Gasteiger partial charge in [0.15, 0.2) is 5.82 Å². The lowest BCUT2D eigenvalue weighted by atomic mass is 9.89. The number of hydrogen-bond donors (Lipinski definition) is 0. The zero-order valence-corrected chi connectivity index (χ0v) is 12.0. The average molecular weight is 272 g/mol. The highest BCUT2D eigenvalue weighted by Crippen LogP contribution is 2.38. The summed E-state index contributed by atoms with van der Waals surface area (Å²) < 4.78 is 11.2. The van der Waals surface area contributed by atoms with E-state index in [0.29, 0.717) is 24.1 Å². The summed E-state index contributed by atoms with van der Waals surface area (Å²) in [5.74, 6) is 2.39. The molecule has 0 aliphatic carbocycles. The molecule has 0 radical (unpaired) electrons. The van der Waals surface area contributed by atoms with E-state index in [-0.39, 0.29) is 6.10 Å². The summed E-state index contributed by atoms with van der Waals surface area (Å²) in [6.45, 7) is 5.21. The Balaban J connectivity index is 1.73. The van der Waals surface area contributed by atoms with Crippen molar-refractivity contribution in [2.75, 3.05) is 6.61 Å². The standard InChI is InChI=1S/C16H20N2O2/c1-11(2)13-8-9-19-15(13)16-17-14(18-20-16)10-12-6-4-3-5-7-12/h3-7,11,13,15H,8-10H2,1-2H3/t13-,15-/m0/s1. The number of rotatable bonds is 4. The molecular weight excluding hydrogens is 252 g/mol. The fraction of sp³-hybridized carbons (Fsp3) is 0.500. The van der Waals surface area contributed by atoms with Crippen LogP contribution in [0.4, 0.5) is 0 Å². The number of benzene rings is 1. The average Bonchev–Trinajstić information content (AvgIpc) is 3.07. The second-order valence-corrected chi connectivity index (χ2v) is 5.70. The zero-order valence-electron chi connectivity index (χ0n) is 12.0. The predicted octanol–water partition coefficient (Wildman–Crippen LogP) is 3.39. The summed E-state index contributed by atoms with van der Waals surface area (Å²) in [5.41, 5.74) is 1.19. The van der Waals surface area contributed by atoms with Crippen molar-refractivity contribution in [3.05, 3.63) is 47.6 Å². The summed E-state index contributed by atoms with van der Waals surface area (Å²) in [5, 5.41) is 4.08. The molecule has 1 fully saturated rings. The van der Waals surface area contributed by atoms with Gasteiger partial charge >= 0.3 is 0 Å². The molecule has 2 aromatic rings. The van der Waals surface area contributed by atoms with Gasteiger partial charge < -0.3 is 9.26 Å². The fourth-order valence-corrected chi connectivity index (χ4v) is 2.78. The molecule has 0 N–H and O–H groups in total. The van der Waals surface area contributed by atoms with Gasteiger partial charge in [-0.25, -0.2) is 0 Å². The Morgan fingerprint density at radius 1 is 1.25 bits per heavy atom. The Labute approximate surface area is 119 Å². The van der Waals surface area contributed by atoms with Crippen molar-refractivity contribution in [3.63, 3.8) is 0 Å². The minimum atomic E-state index is -0.0352. The molecule has 0 spiro atoms. The van der Waals surface area contributed by atoms with E-state index in [4.69, 9.17) is 9.26 Å². The molecule has 2 atom stereocenters. The Morgan fingerprint density at radius 3 is 2.80 bits per heavy atom. The molecule has 0 amide bonds. The molecule has 1 aromatic heterocycles. The lowest BCUT2D eigenvalue weighted by molar-refractivity contribution is 0.0519. The van der Waals surface area contributed by atoms with Crippen LogP contribution < -0.4 is 0 Å². The molecule has 0 unspecified atom stereocenters. The SMILES string of the molecule is CC(C)[C@@H]1CCO[C@@H]1c1nc(Cc2ccccc2)no1. The molecule has 4 nitrogen and oxygen atoms in total. The maximum atomic E-state index is 5.78. The molecule has 0 saturated carbocycles. The molecule has 1 aliphatic heterocycles. The molecular formula is C16H20N2O2. The lowest BCUT2D eigenvalue weighted by Crippen LogP contribution is -2.14. The van der Waals surface area contributed by atoms with Crippen LogP contribution in [0.1, 0.15) is 43.7 Å². The third-order valence-corrected chi connectivity index (χ3v) is 3.93. The zero-order chi connectivity index (χ0) is 13.9. The van der Waals surface area contributed by atoms with E-state index in [2.05, 4.69) is 36.1 Å². The van der Waals surface area contributed by atoms with Gasteiger partial charge in [0.05, 0.1) is 0 Å². The summed E-state index contributed by atoms with van der Waals surface area (Å²) in [6.07, 6.45) is 1.73. The van der Waals surface area contributed by atoms with Gasteiger partial charge in [-0.05, 0) is 23.8 Å². The highest BCUT2D eigenvalue weighted by atomic mass is 16.5. The van der Waals surface area contributed by atoms with Crippen molar-refractivity contribution >= 4 is 0 Å². The van der Waals surface area contributed by atoms with E-state index >= 15 is 0 Å². The molecule has 4 heteroatoms. The van der Waals surface area contributed by atoms with E-state index in [9.17, 15) is 0 Å². The van der Waals surface area contributed by atoms with Crippen LogP contribution in [0.25, 0.3) is 0 Å². The van der Waals surface area contributed by atoms with Crippen LogP contribution in [-0.2, 0) is 11.2 Å². The Bertz CT molecular complexity index is 551.